The number of imide groups is 1. The van der Waals surface area contributed by atoms with E-state index >= 15 is 0 Å². The maximum Gasteiger partial charge on any atom is 0.234 e. The summed E-state index contributed by atoms with van der Waals surface area (Å²) in [7, 11) is 0. The lowest BCUT2D eigenvalue weighted by molar-refractivity contribution is -0.147. The maximum absolute atomic E-state index is 12.8. The summed E-state index contributed by atoms with van der Waals surface area (Å²) in [5, 5.41) is 10.2. The van der Waals surface area contributed by atoms with Crippen molar-refractivity contribution in [1.82, 2.24) is 4.90 Å². The molecule has 0 aromatic carbocycles. The van der Waals surface area contributed by atoms with Crippen LogP contribution in [0.3, 0.4) is 0 Å². The molecule has 3 fully saturated rings. The molecule has 2 aliphatic carbocycles. The van der Waals surface area contributed by atoms with Gasteiger partial charge < -0.3 is 5.11 Å². The van der Waals surface area contributed by atoms with Gasteiger partial charge in [0.15, 0.2) is 0 Å². The predicted octanol–water partition coefficient (Wildman–Crippen LogP) is 3.15. The zero-order valence-electron chi connectivity index (χ0n) is 14.9. The fourth-order valence-electron chi connectivity index (χ4n) is 4.67. The van der Waals surface area contributed by atoms with E-state index in [1.165, 1.54) is 4.90 Å². The van der Waals surface area contributed by atoms with Crippen LogP contribution in [0.25, 0.3) is 0 Å². The Morgan fingerprint density at radius 1 is 1.09 bits per heavy atom. The molecule has 0 spiro atoms. The van der Waals surface area contributed by atoms with E-state index in [-0.39, 0.29) is 41.5 Å². The average molecular weight is 321 g/mol. The molecule has 1 heterocycles. The number of carbonyl (C=O) groups is 2. The molecule has 1 aliphatic heterocycles. The molecule has 0 aromatic heterocycles. The number of likely N-dealkylation sites (tertiary alicyclic amines) is 1. The molecule has 6 unspecified atom stereocenters. The van der Waals surface area contributed by atoms with E-state index in [2.05, 4.69) is 13.0 Å². The third-order valence-electron chi connectivity index (χ3n) is 5.62. The van der Waals surface area contributed by atoms with Crippen molar-refractivity contribution in [3.05, 3.63) is 12.2 Å². The fourth-order valence-corrected chi connectivity index (χ4v) is 4.67. The third-order valence-corrected chi connectivity index (χ3v) is 5.62. The summed E-state index contributed by atoms with van der Waals surface area (Å²) in [6.07, 6.45) is 7.86. The van der Waals surface area contributed by atoms with Crippen LogP contribution in [0.4, 0.5) is 0 Å². The molecule has 23 heavy (non-hydrogen) atoms. The van der Waals surface area contributed by atoms with E-state index in [0.29, 0.717) is 6.42 Å². The largest absolute Gasteiger partial charge is 0.391 e. The third kappa shape index (κ3) is 3.10. The number of aliphatic hydroxyl groups is 1. The SMILES string of the molecule is C/C=C/C1CC(C)C2C(=O)N(C3CCCCC3O)C(=O)C12.CC. The van der Waals surface area contributed by atoms with E-state index in [9.17, 15) is 14.7 Å². The Morgan fingerprint density at radius 3 is 2.30 bits per heavy atom. The highest BCUT2D eigenvalue weighted by Gasteiger charge is 2.58. The highest BCUT2D eigenvalue weighted by atomic mass is 16.3. The lowest BCUT2D eigenvalue weighted by atomic mass is 9.89. The molecule has 1 N–H and O–H groups in total. The molecular formula is C19H31NO3. The summed E-state index contributed by atoms with van der Waals surface area (Å²) in [5.41, 5.74) is 0. The quantitative estimate of drug-likeness (QED) is 0.628. The summed E-state index contributed by atoms with van der Waals surface area (Å²) in [6, 6.07) is -0.289. The minimum absolute atomic E-state index is 0.0320. The first-order chi connectivity index (χ1) is 11.1. The Balaban J connectivity index is 0.000000924. The van der Waals surface area contributed by atoms with Gasteiger partial charge in [-0.2, -0.15) is 0 Å². The number of rotatable bonds is 2. The van der Waals surface area contributed by atoms with Crippen molar-refractivity contribution >= 4 is 11.8 Å². The number of amides is 2. The fraction of sp³-hybridized carbons (Fsp3) is 0.789. The normalized spacial score (nSPS) is 40.3. The van der Waals surface area contributed by atoms with Crippen LogP contribution in [0.15, 0.2) is 12.2 Å². The molecule has 2 amide bonds. The zero-order valence-corrected chi connectivity index (χ0v) is 14.9. The second-order valence-electron chi connectivity index (χ2n) is 6.92. The van der Waals surface area contributed by atoms with Gasteiger partial charge in [0.25, 0.3) is 0 Å². The number of aliphatic hydroxyl groups excluding tert-OH is 1. The van der Waals surface area contributed by atoms with Crippen molar-refractivity contribution in [3.8, 4) is 0 Å². The van der Waals surface area contributed by atoms with E-state index in [1.807, 2.05) is 26.8 Å². The summed E-state index contributed by atoms with van der Waals surface area (Å²) >= 11 is 0. The first kappa shape index (κ1) is 18.2. The molecular weight excluding hydrogens is 290 g/mol. The van der Waals surface area contributed by atoms with Crippen molar-refractivity contribution < 1.29 is 14.7 Å². The van der Waals surface area contributed by atoms with Gasteiger partial charge in [-0.05, 0) is 38.0 Å². The first-order valence-electron chi connectivity index (χ1n) is 9.24. The molecule has 3 aliphatic rings. The van der Waals surface area contributed by atoms with Gasteiger partial charge in [0.2, 0.25) is 11.8 Å². The smallest absolute Gasteiger partial charge is 0.234 e. The van der Waals surface area contributed by atoms with Gasteiger partial charge in [-0.25, -0.2) is 0 Å². The van der Waals surface area contributed by atoms with E-state index in [0.717, 1.165) is 25.7 Å². The highest BCUT2D eigenvalue weighted by molar-refractivity contribution is 6.06. The van der Waals surface area contributed by atoms with Crippen molar-refractivity contribution in [2.45, 2.75) is 71.9 Å². The molecule has 1 saturated heterocycles. The number of hydrogen-bond acceptors (Lipinski definition) is 3. The minimum atomic E-state index is -0.541. The topological polar surface area (TPSA) is 57.6 Å². The van der Waals surface area contributed by atoms with Gasteiger partial charge >= 0.3 is 0 Å². The van der Waals surface area contributed by atoms with Crippen LogP contribution in [0, 0.1) is 23.7 Å². The van der Waals surface area contributed by atoms with Gasteiger partial charge in [-0.3, -0.25) is 14.5 Å². The first-order valence-corrected chi connectivity index (χ1v) is 9.24. The Bertz CT molecular complexity index is 473. The van der Waals surface area contributed by atoms with E-state index in [1.54, 1.807) is 0 Å². The number of carbonyl (C=O) groups excluding carboxylic acids is 2. The van der Waals surface area contributed by atoms with Gasteiger partial charge in [-0.1, -0.05) is 45.8 Å². The van der Waals surface area contributed by atoms with Crippen molar-refractivity contribution in [3.63, 3.8) is 0 Å². The van der Waals surface area contributed by atoms with Crippen LogP contribution in [-0.4, -0.2) is 34.0 Å². The number of hydrogen-bond donors (Lipinski definition) is 1. The molecule has 130 valence electrons. The Kier molecular flexibility index (Phi) is 6.01. The monoisotopic (exact) mass is 321 g/mol. The zero-order chi connectivity index (χ0) is 17.1. The Morgan fingerprint density at radius 2 is 1.70 bits per heavy atom. The Hall–Kier alpha value is -1.16. The second-order valence-corrected chi connectivity index (χ2v) is 6.92. The summed E-state index contributed by atoms with van der Waals surface area (Å²) in [5.74, 6) is -0.0138. The van der Waals surface area contributed by atoms with Gasteiger partial charge in [-0.15, -0.1) is 0 Å². The predicted molar refractivity (Wildman–Crippen MR) is 90.5 cm³/mol. The van der Waals surface area contributed by atoms with E-state index in [4.69, 9.17) is 0 Å². The van der Waals surface area contributed by atoms with Gasteiger partial charge in [0.1, 0.15) is 0 Å². The molecule has 0 aromatic rings. The van der Waals surface area contributed by atoms with Crippen LogP contribution in [0.5, 0.6) is 0 Å². The number of fused-ring (bicyclic) bond motifs is 1. The second kappa shape index (κ2) is 7.61. The lowest BCUT2D eigenvalue weighted by Crippen LogP contribution is -2.49. The highest BCUT2D eigenvalue weighted by Crippen LogP contribution is 2.49. The lowest BCUT2D eigenvalue weighted by Gasteiger charge is -2.34. The molecule has 2 saturated carbocycles. The van der Waals surface area contributed by atoms with Crippen LogP contribution < -0.4 is 0 Å². The average Bonchev–Trinajstić information content (AvgIpc) is 3.00. The number of allylic oxidation sites excluding steroid dienone is 2. The maximum atomic E-state index is 12.8. The minimum Gasteiger partial charge on any atom is -0.391 e. The van der Waals surface area contributed by atoms with Crippen molar-refractivity contribution in [1.29, 1.82) is 0 Å². The summed E-state index contributed by atoms with van der Waals surface area (Å²) < 4.78 is 0. The van der Waals surface area contributed by atoms with Crippen LogP contribution >= 0.6 is 0 Å². The standard InChI is InChI=1S/C17H25NO3.C2H6/c1-3-6-11-9-10(2)14-15(11)17(21)18(16(14)20)12-7-4-5-8-13(12)19;1-2/h3,6,10-15,19H,4-5,7-9H2,1-2H3;1-2H3/b6-3+;. The molecule has 0 bridgehead atoms. The molecule has 0 radical (unpaired) electrons. The molecule has 4 nitrogen and oxygen atoms in total. The number of nitrogens with zero attached hydrogens (tertiary/aromatic N) is 1. The van der Waals surface area contributed by atoms with Crippen LogP contribution in [0.2, 0.25) is 0 Å². The van der Waals surface area contributed by atoms with Crippen molar-refractivity contribution in [2.24, 2.45) is 23.7 Å². The summed E-state index contributed by atoms with van der Waals surface area (Å²) in [6.45, 7) is 8.04. The molecule has 6 atom stereocenters. The molecule has 4 heteroatoms. The summed E-state index contributed by atoms with van der Waals surface area (Å²) in [4.78, 5) is 27.0. The Labute approximate surface area is 139 Å². The van der Waals surface area contributed by atoms with Crippen LogP contribution in [0.1, 0.15) is 59.8 Å². The van der Waals surface area contributed by atoms with Crippen LogP contribution in [-0.2, 0) is 9.59 Å². The molecule has 3 rings (SSSR count). The van der Waals surface area contributed by atoms with Gasteiger partial charge in [0.05, 0.1) is 24.0 Å². The van der Waals surface area contributed by atoms with E-state index < -0.39 is 6.10 Å². The van der Waals surface area contributed by atoms with Gasteiger partial charge in [0, 0.05) is 0 Å². The van der Waals surface area contributed by atoms with Crippen molar-refractivity contribution in [2.75, 3.05) is 0 Å².